The Balaban J connectivity index is 1.82. The zero-order valence-electron chi connectivity index (χ0n) is 11.8. The summed E-state index contributed by atoms with van der Waals surface area (Å²) in [5, 5.41) is 4.01. The van der Waals surface area contributed by atoms with Gasteiger partial charge in [-0.3, -0.25) is 9.59 Å². The molecule has 2 aliphatic rings. The van der Waals surface area contributed by atoms with Crippen molar-refractivity contribution in [1.29, 1.82) is 0 Å². The number of primary amides is 1. The number of nitrogens with two attached hydrogens (primary N) is 1. The molecule has 1 aromatic rings. The van der Waals surface area contributed by atoms with Crippen LogP contribution in [0.4, 0.5) is 0 Å². The maximum absolute atomic E-state index is 12.7. The zero-order valence-corrected chi connectivity index (χ0v) is 11.8. The predicted molar refractivity (Wildman–Crippen MR) is 72.6 cm³/mol. The molecule has 0 radical (unpaired) electrons. The van der Waals surface area contributed by atoms with Crippen LogP contribution in [-0.4, -0.2) is 47.7 Å². The lowest BCUT2D eigenvalue weighted by atomic mass is 9.95. The molecule has 7 heteroatoms. The van der Waals surface area contributed by atoms with Crippen molar-refractivity contribution in [1.82, 2.24) is 10.1 Å². The third-order valence-corrected chi connectivity index (χ3v) is 4.08. The normalized spacial score (nSPS) is 21.9. The van der Waals surface area contributed by atoms with Crippen molar-refractivity contribution >= 4 is 11.8 Å². The minimum absolute atomic E-state index is 0.0993. The highest BCUT2D eigenvalue weighted by Crippen LogP contribution is 2.26. The Morgan fingerprint density at radius 3 is 2.95 bits per heavy atom. The van der Waals surface area contributed by atoms with Gasteiger partial charge in [-0.05, 0) is 25.7 Å². The summed E-state index contributed by atoms with van der Waals surface area (Å²) in [5.74, 6) is -0.329. The van der Waals surface area contributed by atoms with E-state index >= 15 is 0 Å². The summed E-state index contributed by atoms with van der Waals surface area (Å²) in [7, 11) is 0. The van der Waals surface area contributed by atoms with Crippen molar-refractivity contribution in [3.05, 3.63) is 17.0 Å². The molecule has 0 spiro atoms. The molecule has 1 aliphatic carbocycles. The minimum atomic E-state index is -0.442. The van der Waals surface area contributed by atoms with Gasteiger partial charge >= 0.3 is 0 Å². The number of carbonyl (C=O) groups is 2. The van der Waals surface area contributed by atoms with Gasteiger partial charge < -0.3 is 19.9 Å². The van der Waals surface area contributed by atoms with Crippen LogP contribution >= 0.6 is 0 Å². The molecule has 1 unspecified atom stereocenters. The Labute approximate surface area is 122 Å². The second-order valence-corrected chi connectivity index (χ2v) is 5.54. The van der Waals surface area contributed by atoms with Gasteiger partial charge in [-0.25, -0.2) is 0 Å². The van der Waals surface area contributed by atoms with Crippen LogP contribution in [0, 0.1) is 0 Å². The van der Waals surface area contributed by atoms with E-state index in [-0.39, 0.29) is 18.4 Å². The molecule has 7 nitrogen and oxygen atoms in total. The first-order valence-corrected chi connectivity index (χ1v) is 7.31. The van der Waals surface area contributed by atoms with E-state index in [0.717, 1.165) is 36.9 Å². The number of amides is 2. The molecule has 21 heavy (non-hydrogen) atoms. The lowest BCUT2D eigenvalue weighted by Gasteiger charge is -2.34. The first kappa shape index (κ1) is 14.1. The molecule has 1 aromatic heterocycles. The SMILES string of the molecule is NC(=O)CC1COCCN1C(=O)c1onc2c1CCCC2. The van der Waals surface area contributed by atoms with Crippen molar-refractivity contribution in [2.24, 2.45) is 5.73 Å². The standard InChI is InChI=1S/C14H19N3O4/c15-12(18)7-9-8-20-6-5-17(9)14(19)13-10-3-1-2-4-11(10)16-21-13/h9H,1-8H2,(H2,15,18). The van der Waals surface area contributed by atoms with E-state index in [0.29, 0.717) is 25.5 Å². The molecule has 0 saturated carbocycles. The van der Waals surface area contributed by atoms with Crippen LogP contribution in [0.25, 0.3) is 0 Å². The molecule has 114 valence electrons. The van der Waals surface area contributed by atoms with Gasteiger partial charge in [0, 0.05) is 18.5 Å². The maximum atomic E-state index is 12.7. The lowest BCUT2D eigenvalue weighted by molar-refractivity contribution is -0.120. The van der Waals surface area contributed by atoms with Crippen LogP contribution in [0.3, 0.4) is 0 Å². The number of hydrogen-bond acceptors (Lipinski definition) is 5. The molecule has 3 rings (SSSR count). The monoisotopic (exact) mass is 293 g/mol. The topological polar surface area (TPSA) is 98.7 Å². The number of ether oxygens (including phenoxy) is 1. The van der Waals surface area contributed by atoms with Crippen molar-refractivity contribution in [2.45, 2.75) is 38.1 Å². The Morgan fingerprint density at radius 1 is 1.33 bits per heavy atom. The molecular formula is C14H19N3O4. The second-order valence-electron chi connectivity index (χ2n) is 5.54. The minimum Gasteiger partial charge on any atom is -0.377 e. The Bertz CT molecular complexity index is 554. The molecule has 1 fully saturated rings. The van der Waals surface area contributed by atoms with Crippen molar-refractivity contribution < 1.29 is 18.8 Å². The Morgan fingerprint density at radius 2 is 2.14 bits per heavy atom. The van der Waals surface area contributed by atoms with Crippen LogP contribution in [-0.2, 0) is 22.4 Å². The van der Waals surface area contributed by atoms with Gasteiger partial charge in [0.1, 0.15) is 0 Å². The first-order chi connectivity index (χ1) is 10.2. The molecule has 1 atom stereocenters. The molecule has 1 aliphatic heterocycles. The summed E-state index contributed by atoms with van der Waals surface area (Å²) >= 11 is 0. The van der Waals surface area contributed by atoms with Crippen LogP contribution in [0.15, 0.2) is 4.52 Å². The van der Waals surface area contributed by atoms with Gasteiger partial charge in [0.15, 0.2) is 0 Å². The lowest BCUT2D eigenvalue weighted by Crippen LogP contribution is -2.50. The van der Waals surface area contributed by atoms with E-state index in [9.17, 15) is 9.59 Å². The number of fused-ring (bicyclic) bond motifs is 1. The largest absolute Gasteiger partial charge is 0.377 e. The van der Waals surface area contributed by atoms with Crippen molar-refractivity contribution in [3.63, 3.8) is 0 Å². The van der Waals surface area contributed by atoms with E-state index in [2.05, 4.69) is 5.16 Å². The summed E-state index contributed by atoms with van der Waals surface area (Å²) in [5.41, 5.74) is 7.07. The molecule has 0 aromatic carbocycles. The fraction of sp³-hybridized carbons (Fsp3) is 0.643. The van der Waals surface area contributed by atoms with Gasteiger partial charge in [0.05, 0.1) is 24.9 Å². The van der Waals surface area contributed by atoms with Gasteiger partial charge in [-0.2, -0.15) is 0 Å². The van der Waals surface area contributed by atoms with Crippen molar-refractivity contribution in [3.8, 4) is 0 Å². The number of nitrogens with zero attached hydrogens (tertiary/aromatic N) is 2. The highest BCUT2D eigenvalue weighted by molar-refractivity contribution is 5.93. The zero-order chi connectivity index (χ0) is 14.8. The average molecular weight is 293 g/mol. The van der Waals surface area contributed by atoms with Gasteiger partial charge in [-0.1, -0.05) is 5.16 Å². The molecule has 2 heterocycles. The summed E-state index contributed by atoms with van der Waals surface area (Å²) in [4.78, 5) is 25.5. The summed E-state index contributed by atoms with van der Waals surface area (Å²) in [6, 6.07) is -0.326. The third kappa shape index (κ3) is 2.78. The highest BCUT2D eigenvalue weighted by Gasteiger charge is 2.34. The first-order valence-electron chi connectivity index (χ1n) is 7.31. The molecule has 1 saturated heterocycles. The highest BCUT2D eigenvalue weighted by atomic mass is 16.5. The van der Waals surface area contributed by atoms with Crippen LogP contribution in [0.5, 0.6) is 0 Å². The average Bonchev–Trinajstić information content (AvgIpc) is 2.90. The number of aromatic nitrogens is 1. The smallest absolute Gasteiger partial charge is 0.293 e. The summed E-state index contributed by atoms with van der Waals surface area (Å²) in [6.07, 6.45) is 3.91. The van der Waals surface area contributed by atoms with E-state index in [1.807, 2.05) is 0 Å². The number of hydrogen-bond donors (Lipinski definition) is 1. The van der Waals surface area contributed by atoms with Gasteiger partial charge in [0.2, 0.25) is 11.7 Å². The van der Waals surface area contributed by atoms with E-state index in [1.54, 1.807) is 4.90 Å². The summed E-state index contributed by atoms with van der Waals surface area (Å²) in [6.45, 7) is 1.22. The third-order valence-electron chi connectivity index (χ3n) is 4.08. The predicted octanol–water partition coefficient (Wildman–Crippen LogP) is 0.270. The van der Waals surface area contributed by atoms with Crippen molar-refractivity contribution in [2.75, 3.05) is 19.8 Å². The molecule has 2 N–H and O–H groups in total. The fourth-order valence-corrected chi connectivity index (χ4v) is 3.01. The van der Waals surface area contributed by atoms with E-state index in [4.69, 9.17) is 15.0 Å². The second kappa shape index (κ2) is 5.85. The van der Waals surface area contributed by atoms with Crippen LogP contribution in [0.1, 0.15) is 41.1 Å². The Hall–Kier alpha value is -1.89. The molecule has 0 bridgehead atoms. The van der Waals surface area contributed by atoms with E-state index < -0.39 is 5.91 Å². The van der Waals surface area contributed by atoms with Gasteiger partial charge in [0.25, 0.3) is 5.91 Å². The fourth-order valence-electron chi connectivity index (χ4n) is 3.01. The number of aryl methyl sites for hydroxylation is 1. The van der Waals surface area contributed by atoms with Gasteiger partial charge in [-0.15, -0.1) is 0 Å². The van der Waals surface area contributed by atoms with Crippen LogP contribution < -0.4 is 5.73 Å². The number of carbonyl (C=O) groups excluding carboxylic acids is 2. The Kier molecular flexibility index (Phi) is 3.92. The maximum Gasteiger partial charge on any atom is 0.293 e. The number of rotatable bonds is 3. The molecule has 2 amide bonds. The quantitative estimate of drug-likeness (QED) is 0.862. The van der Waals surface area contributed by atoms with E-state index in [1.165, 1.54) is 0 Å². The molecular weight excluding hydrogens is 274 g/mol. The number of morpholine rings is 1. The summed E-state index contributed by atoms with van der Waals surface area (Å²) < 4.78 is 10.6. The van der Waals surface area contributed by atoms with Crippen LogP contribution in [0.2, 0.25) is 0 Å².